The van der Waals surface area contributed by atoms with Crippen LogP contribution in [-0.4, -0.2) is 29.8 Å². The number of hydrogen-bond acceptors (Lipinski definition) is 3. The number of hydrogen-bond donors (Lipinski definition) is 1. The Balaban J connectivity index is 1.64. The lowest BCUT2D eigenvalue weighted by Crippen LogP contribution is -2.36. The summed E-state index contributed by atoms with van der Waals surface area (Å²) in [6, 6.07) is 11.8. The number of amides is 2. The molecule has 2 aromatic rings. The van der Waals surface area contributed by atoms with E-state index in [4.69, 9.17) is 0 Å². The Bertz CT molecular complexity index is 776. The Hall–Kier alpha value is -2.14. The number of fused-ring (bicyclic) bond motifs is 1. The van der Waals surface area contributed by atoms with E-state index in [0.29, 0.717) is 19.5 Å². The predicted molar refractivity (Wildman–Crippen MR) is 103 cm³/mol. The van der Waals surface area contributed by atoms with E-state index in [-0.39, 0.29) is 17.9 Å². The van der Waals surface area contributed by atoms with E-state index in [9.17, 15) is 9.59 Å². The van der Waals surface area contributed by atoms with Crippen molar-refractivity contribution >= 4 is 23.2 Å². The highest BCUT2D eigenvalue weighted by molar-refractivity contribution is 7.14. The van der Waals surface area contributed by atoms with Crippen molar-refractivity contribution < 1.29 is 9.59 Å². The summed E-state index contributed by atoms with van der Waals surface area (Å²) in [6.07, 6.45) is 6.21. The van der Waals surface area contributed by atoms with Crippen LogP contribution in [0.25, 0.3) is 0 Å². The van der Waals surface area contributed by atoms with Crippen LogP contribution in [0.2, 0.25) is 0 Å². The summed E-state index contributed by atoms with van der Waals surface area (Å²) in [5.41, 5.74) is 2.38. The topological polar surface area (TPSA) is 49.4 Å². The zero-order valence-corrected chi connectivity index (χ0v) is 15.7. The Morgan fingerprint density at radius 3 is 2.77 bits per heavy atom. The van der Waals surface area contributed by atoms with E-state index >= 15 is 0 Å². The van der Waals surface area contributed by atoms with Crippen molar-refractivity contribution in [3.63, 3.8) is 0 Å². The Labute approximate surface area is 158 Å². The van der Waals surface area contributed by atoms with Crippen molar-refractivity contribution in [2.24, 2.45) is 0 Å². The van der Waals surface area contributed by atoms with Gasteiger partial charge in [-0.2, -0.15) is 0 Å². The van der Waals surface area contributed by atoms with Gasteiger partial charge in [0.15, 0.2) is 0 Å². The smallest absolute Gasteiger partial charge is 0.264 e. The number of nitrogens with zero attached hydrogens (tertiary/aromatic N) is 1. The SMILES string of the molecule is O=C1CC(c2ccccc2)N(C(=O)c2cc3c(s2)CCCCC3)CCN1. The number of aryl methyl sites for hydroxylation is 2. The highest BCUT2D eigenvalue weighted by Crippen LogP contribution is 2.33. The molecule has 5 heteroatoms. The minimum absolute atomic E-state index is 0.0103. The first-order valence-electron chi connectivity index (χ1n) is 9.46. The Morgan fingerprint density at radius 2 is 1.92 bits per heavy atom. The molecule has 0 bridgehead atoms. The molecule has 0 saturated carbocycles. The fourth-order valence-electron chi connectivity index (χ4n) is 3.96. The quantitative estimate of drug-likeness (QED) is 0.822. The maximum absolute atomic E-state index is 13.3. The summed E-state index contributed by atoms with van der Waals surface area (Å²) in [5, 5.41) is 2.91. The van der Waals surface area contributed by atoms with E-state index in [1.807, 2.05) is 35.2 Å². The molecule has 1 atom stereocenters. The normalized spacial score (nSPS) is 20.7. The lowest BCUT2D eigenvalue weighted by Gasteiger charge is -2.29. The van der Waals surface area contributed by atoms with Gasteiger partial charge in [0.05, 0.1) is 17.3 Å². The van der Waals surface area contributed by atoms with Gasteiger partial charge in [0.25, 0.3) is 5.91 Å². The molecular formula is C21H24N2O2S. The molecule has 2 aliphatic rings. The first-order chi connectivity index (χ1) is 12.7. The van der Waals surface area contributed by atoms with Crippen LogP contribution in [0.3, 0.4) is 0 Å². The van der Waals surface area contributed by atoms with Crippen molar-refractivity contribution in [1.82, 2.24) is 10.2 Å². The lowest BCUT2D eigenvalue weighted by molar-refractivity contribution is -0.121. The highest BCUT2D eigenvalue weighted by Gasteiger charge is 2.31. The molecule has 1 aliphatic heterocycles. The second-order valence-corrected chi connectivity index (χ2v) is 8.24. The average molecular weight is 369 g/mol. The standard InChI is InChI=1S/C21H24N2O2S/c24-20-14-17(15-7-3-1-4-8-15)23(12-11-22-20)21(25)19-13-16-9-5-2-6-10-18(16)26-19/h1,3-4,7-8,13,17H,2,5-6,9-12,14H2,(H,22,24). The highest BCUT2D eigenvalue weighted by atomic mass is 32.1. The molecule has 1 N–H and O–H groups in total. The third kappa shape index (κ3) is 3.54. The van der Waals surface area contributed by atoms with E-state index in [1.54, 1.807) is 11.3 Å². The molecule has 0 radical (unpaired) electrons. The summed E-state index contributed by atoms with van der Waals surface area (Å²) in [7, 11) is 0. The van der Waals surface area contributed by atoms with E-state index in [0.717, 1.165) is 23.3 Å². The first-order valence-corrected chi connectivity index (χ1v) is 10.3. The van der Waals surface area contributed by atoms with Gasteiger partial charge in [0.2, 0.25) is 5.91 Å². The minimum Gasteiger partial charge on any atom is -0.354 e. The molecule has 1 aromatic heterocycles. The summed E-state index contributed by atoms with van der Waals surface area (Å²) < 4.78 is 0. The van der Waals surface area contributed by atoms with Crippen LogP contribution >= 0.6 is 11.3 Å². The maximum Gasteiger partial charge on any atom is 0.264 e. The Kier molecular flexibility index (Phi) is 5.07. The molecule has 2 heterocycles. The molecule has 4 rings (SSSR count). The van der Waals surface area contributed by atoms with Crippen molar-refractivity contribution in [1.29, 1.82) is 0 Å². The summed E-state index contributed by atoms with van der Waals surface area (Å²) in [6.45, 7) is 1.06. The fraction of sp³-hybridized carbons (Fsp3) is 0.429. The molecule has 1 aromatic carbocycles. The molecule has 1 unspecified atom stereocenters. The van der Waals surface area contributed by atoms with Crippen LogP contribution in [0.1, 0.15) is 57.4 Å². The monoisotopic (exact) mass is 368 g/mol. The van der Waals surface area contributed by atoms with Gasteiger partial charge in [-0.25, -0.2) is 0 Å². The predicted octanol–water partition coefficient (Wildman–Crippen LogP) is 3.72. The van der Waals surface area contributed by atoms with Crippen molar-refractivity contribution in [3.8, 4) is 0 Å². The molecule has 136 valence electrons. The number of nitrogens with one attached hydrogen (secondary N) is 1. The third-order valence-corrected chi connectivity index (χ3v) is 6.56. The fourth-order valence-corrected chi connectivity index (χ4v) is 5.17. The molecule has 1 saturated heterocycles. The molecule has 0 spiro atoms. The van der Waals surface area contributed by atoms with Gasteiger partial charge in [0.1, 0.15) is 0 Å². The number of benzene rings is 1. The van der Waals surface area contributed by atoms with Crippen molar-refractivity contribution in [2.45, 2.75) is 44.6 Å². The average Bonchev–Trinajstić information content (AvgIpc) is 2.81. The minimum atomic E-state index is -0.201. The number of rotatable bonds is 2. The summed E-state index contributed by atoms with van der Waals surface area (Å²) >= 11 is 1.66. The Morgan fingerprint density at radius 1 is 1.12 bits per heavy atom. The lowest BCUT2D eigenvalue weighted by atomic mass is 10.0. The molecule has 2 amide bonds. The molecular weight excluding hydrogens is 344 g/mol. The zero-order valence-electron chi connectivity index (χ0n) is 14.9. The van der Waals surface area contributed by atoms with Gasteiger partial charge in [-0.15, -0.1) is 11.3 Å². The number of carbonyl (C=O) groups excluding carboxylic acids is 2. The maximum atomic E-state index is 13.3. The molecule has 26 heavy (non-hydrogen) atoms. The van der Waals surface area contributed by atoms with Crippen LogP contribution in [0.5, 0.6) is 0 Å². The van der Waals surface area contributed by atoms with Crippen LogP contribution in [0, 0.1) is 0 Å². The van der Waals surface area contributed by atoms with Gasteiger partial charge in [-0.3, -0.25) is 9.59 Å². The van der Waals surface area contributed by atoms with Crippen molar-refractivity contribution in [2.75, 3.05) is 13.1 Å². The van der Waals surface area contributed by atoms with Gasteiger partial charge < -0.3 is 10.2 Å². The van der Waals surface area contributed by atoms with Crippen molar-refractivity contribution in [3.05, 3.63) is 57.3 Å². The second kappa shape index (κ2) is 7.62. The van der Waals surface area contributed by atoms with E-state index in [1.165, 1.54) is 29.7 Å². The van der Waals surface area contributed by atoms with Crippen LogP contribution in [0.4, 0.5) is 0 Å². The van der Waals surface area contributed by atoms with Gasteiger partial charge in [-0.1, -0.05) is 36.8 Å². The number of carbonyl (C=O) groups is 2. The third-order valence-electron chi connectivity index (χ3n) is 5.33. The van der Waals surface area contributed by atoms with Crippen LogP contribution < -0.4 is 5.32 Å². The van der Waals surface area contributed by atoms with Gasteiger partial charge >= 0.3 is 0 Å². The summed E-state index contributed by atoms with van der Waals surface area (Å²) in [4.78, 5) is 29.6. The van der Waals surface area contributed by atoms with Crippen LogP contribution in [-0.2, 0) is 17.6 Å². The van der Waals surface area contributed by atoms with Crippen LogP contribution in [0.15, 0.2) is 36.4 Å². The summed E-state index contributed by atoms with van der Waals surface area (Å²) in [5.74, 6) is 0.0736. The van der Waals surface area contributed by atoms with Gasteiger partial charge in [0, 0.05) is 18.0 Å². The first kappa shape index (κ1) is 17.3. The largest absolute Gasteiger partial charge is 0.354 e. The second-order valence-electron chi connectivity index (χ2n) is 7.10. The molecule has 1 fully saturated rings. The van der Waals surface area contributed by atoms with Gasteiger partial charge in [-0.05, 0) is 42.9 Å². The molecule has 1 aliphatic carbocycles. The zero-order chi connectivity index (χ0) is 17.9. The van der Waals surface area contributed by atoms with E-state index < -0.39 is 0 Å². The molecule has 4 nitrogen and oxygen atoms in total. The number of thiophene rings is 1. The van der Waals surface area contributed by atoms with E-state index in [2.05, 4.69) is 11.4 Å².